The fourth-order valence-corrected chi connectivity index (χ4v) is 3.55. The largest absolute Gasteiger partial charge is 0.507 e. The van der Waals surface area contributed by atoms with Gasteiger partial charge in [0.05, 0.1) is 22.4 Å². The topological polar surface area (TPSA) is 91.0 Å². The molecule has 0 aliphatic rings. The Balaban J connectivity index is 1.79. The number of phenols is 2. The van der Waals surface area contributed by atoms with Gasteiger partial charge in [0.15, 0.2) is 0 Å². The van der Waals surface area contributed by atoms with Gasteiger partial charge in [-0.25, -0.2) is 0 Å². The number of hydrogen-bond donors (Lipinski definition) is 2. The zero-order valence-corrected chi connectivity index (χ0v) is 16.9. The lowest BCUT2D eigenvalue weighted by Crippen LogP contribution is -1.89. The predicted molar refractivity (Wildman–Crippen MR) is 128 cm³/mol. The summed E-state index contributed by atoms with van der Waals surface area (Å²) in [5.41, 5.74) is 3.81. The molecule has 0 atom stereocenters. The van der Waals surface area contributed by atoms with Crippen LogP contribution < -0.4 is 0 Å². The lowest BCUT2D eigenvalue weighted by Gasteiger charge is -2.10. The second kappa shape index (κ2) is 8.28. The molecule has 0 saturated carbocycles. The number of phenolic OH excluding ortho intramolecular Hbond substituents is 2. The van der Waals surface area contributed by atoms with E-state index < -0.39 is 0 Å². The molecular formula is C26H18N4O2. The third kappa shape index (κ3) is 3.54. The molecule has 0 spiro atoms. The number of nitrogens with zero attached hydrogens (tertiary/aromatic N) is 4. The van der Waals surface area contributed by atoms with E-state index in [4.69, 9.17) is 9.98 Å². The molecule has 0 bridgehead atoms. The molecule has 0 aliphatic heterocycles. The molecule has 2 N–H and O–H groups in total. The van der Waals surface area contributed by atoms with E-state index in [2.05, 4.69) is 9.97 Å². The molecule has 32 heavy (non-hydrogen) atoms. The van der Waals surface area contributed by atoms with Crippen LogP contribution in [0.2, 0.25) is 0 Å². The molecule has 154 valence electrons. The summed E-state index contributed by atoms with van der Waals surface area (Å²) in [5, 5.41) is 21.9. The smallest absolute Gasteiger partial charge is 0.124 e. The molecule has 0 aliphatic carbocycles. The molecule has 5 rings (SSSR count). The van der Waals surface area contributed by atoms with Crippen LogP contribution in [-0.4, -0.2) is 32.6 Å². The van der Waals surface area contributed by atoms with Crippen molar-refractivity contribution in [2.45, 2.75) is 0 Å². The highest BCUT2D eigenvalue weighted by atomic mass is 16.3. The highest BCUT2D eigenvalue weighted by Crippen LogP contribution is 2.42. The Morgan fingerprint density at radius 2 is 1.00 bits per heavy atom. The van der Waals surface area contributed by atoms with Crippen molar-refractivity contribution in [1.29, 1.82) is 0 Å². The maximum absolute atomic E-state index is 10.2. The van der Waals surface area contributed by atoms with E-state index in [9.17, 15) is 10.2 Å². The van der Waals surface area contributed by atoms with Crippen LogP contribution in [0.15, 0.2) is 95.2 Å². The van der Waals surface area contributed by atoms with E-state index >= 15 is 0 Å². The fourth-order valence-electron chi connectivity index (χ4n) is 3.55. The monoisotopic (exact) mass is 418 g/mol. The number of benzene rings is 3. The summed E-state index contributed by atoms with van der Waals surface area (Å²) in [7, 11) is 0. The molecular weight excluding hydrogens is 400 g/mol. The number of aromatic hydroxyl groups is 2. The van der Waals surface area contributed by atoms with E-state index in [1.54, 1.807) is 61.2 Å². The van der Waals surface area contributed by atoms with Crippen LogP contribution in [-0.2, 0) is 0 Å². The van der Waals surface area contributed by atoms with Gasteiger partial charge in [-0.15, -0.1) is 0 Å². The number of fused-ring (bicyclic) bond motifs is 3. The second-order valence-corrected chi connectivity index (χ2v) is 7.13. The van der Waals surface area contributed by atoms with E-state index in [1.165, 1.54) is 0 Å². The normalized spacial score (nSPS) is 11.8. The van der Waals surface area contributed by atoms with Crippen LogP contribution in [0, 0.1) is 0 Å². The van der Waals surface area contributed by atoms with Crippen molar-refractivity contribution < 1.29 is 10.2 Å². The minimum atomic E-state index is 0.139. The number of rotatable bonds is 4. The predicted octanol–water partition coefficient (Wildman–Crippen LogP) is 5.70. The highest BCUT2D eigenvalue weighted by molar-refractivity contribution is 6.17. The fraction of sp³-hybridized carbons (Fsp3) is 0. The Kier molecular flexibility index (Phi) is 5.01. The maximum Gasteiger partial charge on any atom is 0.124 e. The summed E-state index contributed by atoms with van der Waals surface area (Å²) < 4.78 is 0. The SMILES string of the molecule is Oc1ccccc1C=Nc1c(N=Cc2ccccc2O)c2cccnc2c2ncccc12. The molecule has 6 heteroatoms. The van der Waals surface area contributed by atoms with Gasteiger partial charge in [0.1, 0.15) is 11.5 Å². The molecule has 0 saturated heterocycles. The first-order chi connectivity index (χ1) is 15.7. The van der Waals surface area contributed by atoms with E-state index in [-0.39, 0.29) is 11.5 Å². The van der Waals surface area contributed by atoms with Crippen molar-refractivity contribution in [2.75, 3.05) is 0 Å². The first kappa shape index (κ1) is 19.4. The van der Waals surface area contributed by atoms with Gasteiger partial charge in [0.2, 0.25) is 0 Å². The first-order valence-electron chi connectivity index (χ1n) is 10.0. The lowest BCUT2D eigenvalue weighted by molar-refractivity contribution is 0.474. The van der Waals surface area contributed by atoms with Crippen LogP contribution >= 0.6 is 0 Å². The van der Waals surface area contributed by atoms with E-state index in [0.29, 0.717) is 33.5 Å². The van der Waals surface area contributed by atoms with Gasteiger partial charge in [-0.3, -0.25) is 20.0 Å². The molecule has 0 radical (unpaired) electrons. The Morgan fingerprint density at radius 3 is 1.44 bits per heavy atom. The number of para-hydroxylation sites is 2. The minimum Gasteiger partial charge on any atom is -0.507 e. The van der Waals surface area contributed by atoms with Gasteiger partial charge in [-0.05, 0) is 48.5 Å². The van der Waals surface area contributed by atoms with Crippen LogP contribution in [0.5, 0.6) is 11.5 Å². The van der Waals surface area contributed by atoms with Crippen molar-refractivity contribution >= 4 is 45.6 Å². The Morgan fingerprint density at radius 1 is 0.562 bits per heavy atom. The van der Waals surface area contributed by atoms with E-state index in [1.807, 2.05) is 36.4 Å². The van der Waals surface area contributed by atoms with Gasteiger partial charge in [0.25, 0.3) is 0 Å². The van der Waals surface area contributed by atoms with Crippen LogP contribution in [0.3, 0.4) is 0 Å². The number of aliphatic imine (C=N–C) groups is 2. The van der Waals surface area contributed by atoms with Gasteiger partial charge in [0, 0.05) is 46.7 Å². The number of hydrogen-bond acceptors (Lipinski definition) is 6. The van der Waals surface area contributed by atoms with Crippen molar-refractivity contribution in [3.05, 3.63) is 96.3 Å². The van der Waals surface area contributed by atoms with E-state index in [0.717, 1.165) is 10.8 Å². The summed E-state index contributed by atoms with van der Waals surface area (Å²) in [5.74, 6) is 0.279. The summed E-state index contributed by atoms with van der Waals surface area (Å²) in [6.45, 7) is 0. The van der Waals surface area contributed by atoms with Crippen molar-refractivity contribution in [1.82, 2.24) is 9.97 Å². The second-order valence-electron chi connectivity index (χ2n) is 7.13. The van der Waals surface area contributed by atoms with Crippen molar-refractivity contribution in [2.24, 2.45) is 9.98 Å². The zero-order chi connectivity index (χ0) is 21.9. The third-order valence-corrected chi connectivity index (χ3v) is 5.11. The quantitative estimate of drug-likeness (QED) is 0.289. The zero-order valence-electron chi connectivity index (χ0n) is 16.9. The summed E-state index contributed by atoms with van der Waals surface area (Å²) >= 11 is 0. The Labute approximate surface area is 183 Å². The number of aromatic nitrogens is 2. The first-order valence-corrected chi connectivity index (χ1v) is 10.0. The maximum atomic E-state index is 10.2. The van der Waals surface area contributed by atoms with Crippen LogP contribution in [0.4, 0.5) is 11.4 Å². The average molecular weight is 418 g/mol. The number of pyridine rings is 2. The Bertz CT molecular complexity index is 1390. The molecule has 2 aromatic heterocycles. The van der Waals surface area contributed by atoms with Crippen LogP contribution in [0.25, 0.3) is 21.8 Å². The minimum absolute atomic E-state index is 0.139. The Hall–Kier alpha value is -4.58. The van der Waals surface area contributed by atoms with Gasteiger partial charge in [-0.2, -0.15) is 0 Å². The van der Waals surface area contributed by atoms with Crippen molar-refractivity contribution in [3.8, 4) is 11.5 Å². The van der Waals surface area contributed by atoms with Gasteiger partial charge in [-0.1, -0.05) is 24.3 Å². The molecule has 5 aromatic rings. The molecule has 0 amide bonds. The van der Waals surface area contributed by atoms with Crippen molar-refractivity contribution in [3.63, 3.8) is 0 Å². The lowest BCUT2D eigenvalue weighted by atomic mass is 10.1. The standard InChI is InChI=1S/C26H18N4O2/c31-21-11-3-1-7-17(21)15-29-25-19-9-5-13-27-23(19)24-20(10-6-14-28-24)26(25)30-16-18-8-2-4-12-22(18)32/h1-16,31-32H. The summed E-state index contributed by atoms with van der Waals surface area (Å²) in [6.07, 6.45) is 6.66. The molecule has 0 fully saturated rings. The molecule has 0 unspecified atom stereocenters. The molecule has 2 heterocycles. The van der Waals surface area contributed by atoms with Gasteiger partial charge < -0.3 is 10.2 Å². The molecule has 6 nitrogen and oxygen atoms in total. The average Bonchev–Trinajstić information content (AvgIpc) is 2.83. The molecule has 3 aromatic carbocycles. The van der Waals surface area contributed by atoms with Crippen LogP contribution in [0.1, 0.15) is 11.1 Å². The third-order valence-electron chi connectivity index (χ3n) is 5.11. The summed E-state index contributed by atoms with van der Waals surface area (Å²) in [6, 6.07) is 21.5. The van der Waals surface area contributed by atoms with Gasteiger partial charge >= 0.3 is 0 Å². The highest BCUT2D eigenvalue weighted by Gasteiger charge is 2.15. The summed E-state index contributed by atoms with van der Waals surface area (Å²) in [4.78, 5) is 18.5.